The first-order valence-electron chi connectivity index (χ1n) is 5.31. The number of aryl methyl sites for hydroxylation is 1. The molecule has 106 valence electrons. The monoisotopic (exact) mass is 377 g/mol. The van der Waals surface area contributed by atoms with Crippen LogP contribution in [0.25, 0.3) is 0 Å². The lowest BCUT2D eigenvalue weighted by Gasteiger charge is -2.08. The highest BCUT2D eigenvalue weighted by Crippen LogP contribution is 2.27. The number of anilines is 1. The lowest BCUT2D eigenvalue weighted by molar-refractivity contribution is 0.101. The van der Waals surface area contributed by atoms with Crippen molar-refractivity contribution in [3.05, 3.63) is 40.9 Å². The number of nitrogens with one attached hydrogen (secondary N) is 1. The number of aromatic nitrogens is 2. The van der Waals surface area contributed by atoms with E-state index >= 15 is 0 Å². The second-order valence-electron chi connectivity index (χ2n) is 3.92. The van der Waals surface area contributed by atoms with Crippen LogP contribution < -0.4 is 5.32 Å². The van der Waals surface area contributed by atoms with Crippen LogP contribution >= 0.6 is 26.6 Å². The third-order valence-corrected chi connectivity index (χ3v) is 4.53. The van der Waals surface area contributed by atoms with E-state index in [9.17, 15) is 13.2 Å². The summed E-state index contributed by atoms with van der Waals surface area (Å²) in [7, 11) is 3.13. The SMILES string of the molecule is Cn1cncc1C(=O)Nc1ccc(S(=O)(=O)Cl)cc1Br. The number of imidazole rings is 1. The predicted octanol–water partition coefficient (Wildman–Crippen LogP) is 2.36. The molecule has 0 unspecified atom stereocenters. The maximum Gasteiger partial charge on any atom is 0.273 e. The van der Waals surface area contributed by atoms with Gasteiger partial charge in [0.05, 0.1) is 23.1 Å². The van der Waals surface area contributed by atoms with Crippen molar-refractivity contribution in [1.29, 1.82) is 0 Å². The molecule has 1 aromatic heterocycles. The molecule has 1 N–H and O–H groups in total. The Balaban J connectivity index is 2.27. The molecule has 0 bridgehead atoms. The molecule has 9 heteroatoms. The van der Waals surface area contributed by atoms with Crippen molar-refractivity contribution >= 4 is 47.3 Å². The Morgan fingerprint density at radius 3 is 2.65 bits per heavy atom. The van der Waals surface area contributed by atoms with Gasteiger partial charge in [-0.2, -0.15) is 0 Å². The number of hydrogen-bond donors (Lipinski definition) is 1. The molecular formula is C11H9BrClN3O3S. The first kappa shape index (κ1) is 15.0. The van der Waals surface area contributed by atoms with E-state index in [4.69, 9.17) is 10.7 Å². The predicted molar refractivity (Wildman–Crippen MR) is 78.3 cm³/mol. The molecule has 0 aliphatic rings. The average molecular weight is 379 g/mol. The lowest BCUT2D eigenvalue weighted by Crippen LogP contribution is -2.15. The quantitative estimate of drug-likeness (QED) is 0.831. The lowest BCUT2D eigenvalue weighted by atomic mass is 10.3. The zero-order valence-corrected chi connectivity index (χ0v) is 13.3. The fourth-order valence-corrected chi connectivity index (χ4v) is 2.92. The first-order valence-corrected chi connectivity index (χ1v) is 8.41. The number of benzene rings is 1. The van der Waals surface area contributed by atoms with Crippen LogP contribution in [0, 0.1) is 0 Å². The summed E-state index contributed by atoms with van der Waals surface area (Å²) in [6.07, 6.45) is 2.94. The van der Waals surface area contributed by atoms with Gasteiger partial charge in [-0.1, -0.05) is 0 Å². The van der Waals surface area contributed by atoms with Crippen LogP contribution in [-0.4, -0.2) is 23.9 Å². The molecule has 0 aliphatic carbocycles. The maximum atomic E-state index is 12.0. The zero-order chi connectivity index (χ0) is 14.9. The number of rotatable bonds is 3. The minimum Gasteiger partial charge on any atom is -0.330 e. The van der Waals surface area contributed by atoms with Gasteiger partial charge in [0, 0.05) is 22.2 Å². The number of carbonyl (C=O) groups excluding carboxylic acids is 1. The van der Waals surface area contributed by atoms with Gasteiger partial charge in [-0.15, -0.1) is 0 Å². The molecule has 2 rings (SSSR count). The average Bonchev–Trinajstić information content (AvgIpc) is 2.76. The topological polar surface area (TPSA) is 81.1 Å². The summed E-state index contributed by atoms with van der Waals surface area (Å²) in [5.41, 5.74) is 0.811. The van der Waals surface area contributed by atoms with E-state index in [2.05, 4.69) is 26.2 Å². The van der Waals surface area contributed by atoms with Gasteiger partial charge in [0.25, 0.3) is 15.0 Å². The van der Waals surface area contributed by atoms with E-state index < -0.39 is 9.05 Å². The van der Waals surface area contributed by atoms with Crippen LogP contribution in [0.1, 0.15) is 10.5 Å². The number of amides is 1. The maximum absolute atomic E-state index is 12.0. The molecule has 1 amide bonds. The van der Waals surface area contributed by atoms with Gasteiger partial charge in [0.15, 0.2) is 0 Å². The second kappa shape index (κ2) is 5.55. The summed E-state index contributed by atoms with van der Waals surface area (Å²) in [5.74, 6) is -0.354. The second-order valence-corrected chi connectivity index (χ2v) is 7.34. The van der Waals surface area contributed by atoms with E-state index in [1.54, 1.807) is 11.6 Å². The summed E-state index contributed by atoms with van der Waals surface area (Å²) in [6.45, 7) is 0. The highest BCUT2D eigenvalue weighted by molar-refractivity contribution is 9.10. The van der Waals surface area contributed by atoms with Gasteiger partial charge in [-0.3, -0.25) is 4.79 Å². The van der Waals surface area contributed by atoms with Gasteiger partial charge in [0.2, 0.25) is 0 Å². The smallest absolute Gasteiger partial charge is 0.273 e. The van der Waals surface area contributed by atoms with Gasteiger partial charge in [-0.25, -0.2) is 13.4 Å². The van der Waals surface area contributed by atoms with Gasteiger partial charge < -0.3 is 9.88 Å². The summed E-state index contributed by atoms with van der Waals surface area (Å²) < 4.78 is 24.4. The Kier molecular flexibility index (Phi) is 4.17. The van der Waals surface area contributed by atoms with Crippen molar-refractivity contribution in [2.45, 2.75) is 4.90 Å². The normalized spacial score (nSPS) is 11.3. The minimum atomic E-state index is -3.81. The Morgan fingerprint density at radius 2 is 2.15 bits per heavy atom. The molecular weight excluding hydrogens is 370 g/mol. The third kappa shape index (κ3) is 3.20. The number of halogens is 2. The summed E-state index contributed by atoms with van der Waals surface area (Å²) in [5, 5.41) is 2.65. The summed E-state index contributed by atoms with van der Waals surface area (Å²) in [6, 6.07) is 4.08. The third-order valence-electron chi connectivity index (χ3n) is 2.52. The van der Waals surface area contributed by atoms with Crippen LogP contribution in [0.5, 0.6) is 0 Å². The number of carbonyl (C=O) groups is 1. The van der Waals surface area contributed by atoms with Crippen molar-refractivity contribution in [2.24, 2.45) is 7.05 Å². The van der Waals surface area contributed by atoms with Crippen LogP contribution in [0.15, 0.2) is 40.1 Å². The highest BCUT2D eigenvalue weighted by Gasteiger charge is 2.15. The Bertz CT molecular complexity index is 773. The van der Waals surface area contributed by atoms with Crippen molar-refractivity contribution in [3.63, 3.8) is 0 Å². The fraction of sp³-hybridized carbons (Fsp3) is 0.0909. The van der Waals surface area contributed by atoms with E-state index in [1.165, 1.54) is 30.7 Å². The molecule has 0 spiro atoms. The van der Waals surface area contributed by atoms with Gasteiger partial charge in [-0.05, 0) is 34.1 Å². The molecule has 20 heavy (non-hydrogen) atoms. The standard InChI is InChI=1S/C11H9BrClN3O3S/c1-16-6-14-5-10(16)11(17)15-9-3-2-7(4-8(9)12)20(13,18)19/h2-6H,1H3,(H,15,17). The zero-order valence-electron chi connectivity index (χ0n) is 10.2. The molecule has 0 saturated heterocycles. The molecule has 0 aliphatic heterocycles. The van der Waals surface area contributed by atoms with Crippen molar-refractivity contribution in [2.75, 3.05) is 5.32 Å². The van der Waals surface area contributed by atoms with Crippen LogP contribution in [-0.2, 0) is 16.1 Å². The van der Waals surface area contributed by atoms with Crippen LogP contribution in [0.3, 0.4) is 0 Å². The van der Waals surface area contributed by atoms with Crippen molar-refractivity contribution in [3.8, 4) is 0 Å². The Hall–Kier alpha value is -1.38. The van der Waals surface area contributed by atoms with E-state index in [-0.39, 0.29) is 10.8 Å². The summed E-state index contributed by atoms with van der Waals surface area (Å²) in [4.78, 5) is 15.8. The Labute approximate surface area is 128 Å². The molecule has 6 nitrogen and oxygen atoms in total. The van der Waals surface area contributed by atoms with Crippen molar-refractivity contribution < 1.29 is 13.2 Å². The highest BCUT2D eigenvalue weighted by atomic mass is 79.9. The van der Waals surface area contributed by atoms with E-state index in [0.717, 1.165) is 0 Å². The van der Waals surface area contributed by atoms with E-state index in [0.29, 0.717) is 15.9 Å². The molecule has 0 radical (unpaired) electrons. The minimum absolute atomic E-state index is 0.0513. The molecule has 1 aromatic carbocycles. The largest absolute Gasteiger partial charge is 0.330 e. The number of hydrogen-bond acceptors (Lipinski definition) is 4. The Morgan fingerprint density at radius 1 is 1.45 bits per heavy atom. The number of nitrogens with zero attached hydrogens (tertiary/aromatic N) is 2. The molecule has 2 aromatic rings. The molecule has 1 heterocycles. The summed E-state index contributed by atoms with van der Waals surface area (Å²) >= 11 is 3.19. The van der Waals surface area contributed by atoms with Gasteiger partial charge >= 0.3 is 0 Å². The molecule has 0 atom stereocenters. The van der Waals surface area contributed by atoms with Crippen LogP contribution in [0.4, 0.5) is 5.69 Å². The fourth-order valence-electron chi connectivity index (χ4n) is 1.51. The van der Waals surface area contributed by atoms with Crippen molar-refractivity contribution in [1.82, 2.24) is 9.55 Å². The van der Waals surface area contributed by atoms with Gasteiger partial charge in [0.1, 0.15) is 5.69 Å². The first-order chi connectivity index (χ1) is 9.29. The van der Waals surface area contributed by atoms with Crippen LogP contribution in [0.2, 0.25) is 0 Å². The molecule has 0 fully saturated rings. The molecule has 0 saturated carbocycles. The van der Waals surface area contributed by atoms with E-state index in [1.807, 2.05) is 0 Å².